The number of aromatic nitrogens is 1. The molecular weight excluding hydrogens is 671 g/mol. The highest BCUT2D eigenvalue weighted by molar-refractivity contribution is 6.73. The normalized spacial score (nSPS) is 13.1. The molecule has 5 heteroatoms. The minimum atomic E-state index is 0.0256. The van der Waals surface area contributed by atoms with Crippen molar-refractivity contribution in [2.45, 2.75) is 52.4 Å². The van der Waals surface area contributed by atoms with E-state index < -0.39 is 0 Å². The van der Waals surface area contributed by atoms with Gasteiger partial charge in [-0.05, 0) is 81.5 Å². The number of nitrogens with one attached hydrogen (secondary N) is 1. The molecule has 0 amide bonds. The van der Waals surface area contributed by atoms with Crippen molar-refractivity contribution in [1.82, 2.24) is 4.57 Å². The molecule has 0 spiro atoms. The van der Waals surface area contributed by atoms with Crippen molar-refractivity contribution in [3.63, 3.8) is 0 Å². The van der Waals surface area contributed by atoms with Gasteiger partial charge in [-0.2, -0.15) is 0 Å². The van der Waals surface area contributed by atoms with Crippen LogP contribution in [0.1, 0.15) is 52.7 Å². The summed E-state index contributed by atoms with van der Waals surface area (Å²) in [4.78, 5) is 0. The summed E-state index contributed by atoms with van der Waals surface area (Å²) in [7, 11) is 0.821. The predicted molar refractivity (Wildman–Crippen MR) is 234 cm³/mol. The van der Waals surface area contributed by atoms with Gasteiger partial charge in [0.15, 0.2) is 7.28 Å². The Hall–Kier alpha value is -6.20. The van der Waals surface area contributed by atoms with E-state index in [-0.39, 0.29) is 10.8 Å². The van der Waals surface area contributed by atoms with Gasteiger partial charge in [0.2, 0.25) is 0 Å². The first-order valence-electron chi connectivity index (χ1n) is 19.4. The second-order valence-corrected chi connectivity index (χ2v) is 17.5. The van der Waals surface area contributed by atoms with Gasteiger partial charge < -0.3 is 18.7 Å². The van der Waals surface area contributed by atoms with Gasteiger partial charge >= 0.3 is 0 Å². The highest BCUT2D eigenvalue weighted by Crippen LogP contribution is 2.44. The molecule has 266 valence electrons. The number of hydrogen-bond donors (Lipinski definition) is 1. The van der Waals surface area contributed by atoms with Crippen LogP contribution in [-0.2, 0) is 10.8 Å². The molecule has 10 aromatic rings. The number of para-hydroxylation sites is 2. The Kier molecular flexibility index (Phi) is 6.55. The van der Waals surface area contributed by atoms with E-state index in [1.807, 2.05) is 6.07 Å². The maximum absolute atomic E-state index is 6.49. The van der Waals surface area contributed by atoms with Gasteiger partial charge in [-0.15, -0.1) is 0 Å². The summed E-state index contributed by atoms with van der Waals surface area (Å²) in [5.41, 5.74) is 17.2. The Morgan fingerprint density at radius 3 is 1.98 bits per heavy atom. The zero-order valence-corrected chi connectivity index (χ0v) is 32.1. The van der Waals surface area contributed by atoms with E-state index >= 15 is 0 Å². The molecule has 1 aliphatic rings. The van der Waals surface area contributed by atoms with Crippen LogP contribution in [-0.4, -0.2) is 11.8 Å². The molecule has 1 N–H and O–H groups in total. The largest absolute Gasteiger partial charge is 0.456 e. The van der Waals surface area contributed by atoms with Gasteiger partial charge in [-0.1, -0.05) is 120 Å². The quantitative estimate of drug-likeness (QED) is 0.186. The average molecular weight is 713 g/mol. The average Bonchev–Trinajstić information content (AvgIpc) is 3.84. The van der Waals surface area contributed by atoms with Crippen LogP contribution in [0.3, 0.4) is 0 Å². The van der Waals surface area contributed by atoms with Crippen LogP contribution in [0.2, 0.25) is 0 Å². The van der Waals surface area contributed by atoms with Crippen molar-refractivity contribution < 1.29 is 8.83 Å². The van der Waals surface area contributed by atoms with Gasteiger partial charge in [-0.25, -0.2) is 0 Å². The fraction of sp³-hybridized carbons (Fsp3) is 0.160. The molecule has 0 aliphatic carbocycles. The Balaban J connectivity index is 1.23. The number of fused-ring (bicyclic) bond motifs is 12. The zero-order chi connectivity index (χ0) is 37.4. The van der Waals surface area contributed by atoms with Gasteiger partial charge in [-0.3, -0.25) is 0 Å². The van der Waals surface area contributed by atoms with E-state index in [1.165, 1.54) is 60.5 Å². The third kappa shape index (κ3) is 4.78. The number of rotatable bonds is 3. The van der Waals surface area contributed by atoms with Crippen LogP contribution in [0.4, 0.5) is 11.4 Å². The maximum Gasteiger partial charge on any atom is 0.198 e. The molecule has 0 fully saturated rings. The lowest BCUT2D eigenvalue weighted by molar-refractivity contribution is 0.590. The van der Waals surface area contributed by atoms with Crippen LogP contribution >= 0.6 is 0 Å². The molecule has 4 nitrogen and oxygen atoms in total. The lowest BCUT2D eigenvalue weighted by Gasteiger charge is -2.26. The molecule has 55 heavy (non-hydrogen) atoms. The molecule has 4 heterocycles. The highest BCUT2D eigenvalue weighted by atomic mass is 16.3. The minimum Gasteiger partial charge on any atom is -0.456 e. The van der Waals surface area contributed by atoms with Crippen molar-refractivity contribution in [3.05, 3.63) is 139 Å². The molecule has 11 rings (SSSR count). The molecular formula is C50H41BN2O2. The summed E-state index contributed by atoms with van der Waals surface area (Å²) in [5.74, 6) is 0. The van der Waals surface area contributed by atoms with E-state index in [1.54, 1.807) is 0 Å². The smallest absolute Gasteiger partial charge is 0.198 e. The van der Waals surface area contributed by atoms with E-state index in [9.17, 15) is 0 Å². The lowest BCUT2D eigenvalue weighted by atomic mass is 9.58. The van der Waals surface area contributed by atoms with Crippen LogP contribution in [0.25, 0.3) is 82.5 Å². The predicted octanol–water partition coefficient (Wildman–Crippen LogP) is 12.3. The molecule has 0 bridgehead atoms. The van der Waals surface area contributed by atoms with Crippen molar-refractivity contribution in [2.75, 3.05) is 5.32 Å². The monoisotopic (exact) mass is 712 g/mol. The van der Waals surface area contributed by atoms with Crippen LogP contribution in [0, 0.1) is 0 Å². The molecule has 0 saturated carbocycles. The molecule has 7 aromatic carbocycles. The van der Waals surface area contributed by atoms with Gasteiger partial charge in [0, 0.05) is 60.8 Å². The zero-order valence-electron chi connectivity index (χ0n) is 32.1. The molecule has 0 atom stereocenters. The summed E-state index contributed by atoms with van der Waals surface area (Å²) in [6.07, 6.45) is 0. The van der Waals surface area contributed by atoms with E-state index in [2.05, 4.69) is 173 Å². The Morgan fingerprint density at radius 2 is 1.22 bits per heavy atom. The molecule has 3 aromatic heterocycles. The van der Waals surface area contributed by atoms with Crippen LogP contribution in [0.15, 0.2) is 136 Å². The number of furan rings is 2. The van der Waals surface area contributed by atoms with Crippen molar-refractivity contribution in [3.8, 4) is 16.8 Å². The minimum absolute atomic E-state index is 0.0256. The van der Waals surface area contributed by atoms with Crippen LogP contribution < -0.4 is 16.2 Å². The van der Waals surface area contributed by atoms with Gasteiger partial charge in [0.1, 0.15) is 22.3 Å². The van der Waals surface area contributed by atoms with Crippen molar-refractivity contribution in [1.29, 1.82) is 0 Å². The molecule has 0 radical (unpaired) electrons. The second kappa shape index (κ2) is 11.2. The molecule has 0 saturated heterocycles. The fourth-order valence-corrected chi connectivity index (χ4v) is 9.07. The molecule has 0 unspecified atom stereocenters. The van der Waals surface area contributed by atoms with Crippen LogP contribution in [0.5, 0.6) is 0 Å². The lowest BCUT2D eigenvalue weighted by Crippen LogP contribution is -2.38. The fourth-order valence-electron chi connectivity index (χ4n) is 9.07. The van der Waals surface area contributed by atoms with E-state index in [0.29, 0.717) is 0 Å². The Labute approximate surface area is 320 Å². The summed E-state index contributed by atoms with van der Waals surface area (Å²) in [6, 6.07) is 46.5. The highest BCUT2D eigenvalue weighted by Gasteiger charge is 2.30. The first-order chi connectivity index (χ1) is 26.5. The SMILES string of the molecule is CC(C)(C)c1ccc(Nc2cc3oc4ccccc4c3cc2-c2ccc3c4c5c(ccc4n4c3c2Bc2cc(C(C)(C)C)ccc2-4)oc2ccccc25)cc1. The second-order valence-electron chi connectivity index (χ2n) is 17.5. The van der Waals surface area contributed by atoms with E-state index in [4.69, 9.17) is 8.83 Å². The van der Waals surface area contributed by atoms with Crippen molar-refractivity contribution in [2.24, 2.45) is 0 Å². The molecule has 1 aliphatic heterocycles. The summed E-state index contributed by atoms with van der Waals surface area (Å²) < 4.78 is 15.5. The van der Waals surface area contributed by atoms with E-state index in [0.717, 1.165) is 62.7 Å². The number of hydrogen-bond acceptors (Lipinski definition) is 3. The van der Waals surface area contributed by atoms with Gasteiger partial charge in [0.05, 0.1) is 11.2 Å². The Bertz CT molecular complexity index is 3220. The summed E-state index contributed by atoms with van der Waals surface area (Å²) in [5, 5.41) is 10.9. The summed E-state index contributed by atoms with van der Waals surface area (Å²) >= 11 is 0. The maximum atomic E-state index is 6.49. The summed E-state index contributed by atoms with van der Waals surface area (Å²) in [6.45, 7) is 13.7. The van der Waals surface area contributed by atoms with Gasteiger partial charge in [0.25, 0.3) is 0 Å². The number of anilines is 2. The first-order valence-corrected chi connectivity index (χ1v) is 19.4. The number of benzene rings is 7. The third-order valence-electron chi connectivity index (χ3n) is 11.9. The third-order valence-corrected chi connectivity index (χ3v) is 11.9. The Morgan fingerprint density at radius 1 is 0.527 bits per heavy atom. The first kappa shape index (κ1) is 32.3. The standard InChI is InChI=1S/C50H41BN2O2/c1-49(2,3)28-15-18-30(19-16-28)52-38-27-44-36(31-11-7-9-13-41(31)55-44)26-35(38)32-20-21-34-45-40(23-24-43-46(45)33-12-8-10-14-42(33)54-43)53-39-22-17-29(50(4,5)6)25-37(39)51-47(32)48(34)53/h7-27,51-52H,1-6H3. The topological polar surface area (TPSA) is 43.2 Å². The number of nitrogens with zero attached hydrogens (tertiary/aromatic N) is 1. The van der Waals surface area contributed by atoms with Crippen molar-refractivity contribution >= 4 is 95.3 Å².